The third-order valence-electron chi connectivity index (χ3n) is 13.5. The number of fused-ring (bicyclic) bond motifs is 5. The van der Waals surface area contributed by atoms with Crippen LogP contribution in [0.4, 0.5) is 4.79 Å². The first kappa shape index (κ1) is 23.8. The second-order valence-corrected chi connectivity index (χ2v) is 15.3. The zero-order chi connectivity index (χ0) is 25.0. The molecule has 8 aliphatic rings. The normalized spacial score (nSPS) is 55.1. The fourth-order valence-corrected chi connectivity index (χ4v) is 12.2. The monoisotopic (exact) mass is 496 g/mol. The fraction of sp³-hybridized carbons (Fsp3) is 0.935. The zero-order valence-corrected chi connectivity index (χ0v) is 23.1. The van der Waals surface area contributed by atoms with Crippen molar-refractivity contribution in [2.45, 2.75) is 122 Å². The number of carbonyl (C=O) groups is 2. The zero-order valence-electron chi connectivity index (χ0n) is 23.1. The van der Waals surface area contributed by atoms with Crippen LogP contribution in [0.15, 0.2) is 0 Å². The maximum absolute atomic E-state index is 13.4. The van der Waals surface area contributed by atoms with Crippen LogP contribution >= 0.6 is 0 Å². The average molecular weight is 497 g/mol. The van der Waals surface area contributed by atoms with Gasteiger partial charge in [-0.05, 0) is 129 Å². The molecule has 1 saturated heterocycles. The Morgan fingerprint density at radius 1 is 0.917 bits per heavy atom. The molecule has 8 fully saturated rings. The van der Waals surface area contributed by atoms with Crippen LogP contribution in [-0.4, -0.2) is 41.6 Å². The molecule has 0 spiro atoms. The molecule has 0 radical (unpaired) electrons. The molecule has 8 atom stereocenters. The van der Waals surface area contributed by atoms with Crippen molar-refractivity contribution in [3.05, 3.63) is 0 Å². The van der Waals surface area contributed by atoms with Gasteiger partial charge in [0, 0.05) is 25.6 Å². The van der Waals surface area contributed by atoms with Crippen LogP contribution in [0, 0.1) is 52.3 Å². The average Bonchev–Trinajstić information content (AvgIpc) is 3.13. The number of carbonyl (C=O) groups excluding carboxylic acids is 2. The van der Waals surface area contributed by atoms with Crippen LogP contribution in [0.5, 0.6) is 0 Å². The summed E-state index contributed by atoms with van der Waals surface area (Å²) in [5.41, 5.74) is 0.237. The van der Waals surface area contributed by atoms with E-state index in [1.165, 1.54) is 38.5 Å². The SMILES string of the molecule is CC1CC2N(C)C(=O)CC[C@]2(C)[C@@H]2CC[C@]3(C)C(NC(=O)OC45CC6CC(CC(C6)C4)C5)CC[C@H]3[C@H]12. The first-order chi connectivity index (χ1) is 17.1. The van der Waals surface area contributed by atoms with Gasteiger partial charge in [-0.3, -0.25) is 4.79 Å². The van der Waals surface area contributed by atoms with Gasteiger partial charge in [0.25, 0.3) is 0 Å². The lowest BCUT2D eigenvalue weighted by Crippen LogP contribution is -2.64. The van der Waals surface area contributed by atoms with E-state index in [0.717, 1.165) is 56.3 Å². The van der Waals surface area contributed by atoms with Gasteiger partial charge < -0.3 is 15.0 Å². The topological polar surface area (TPSA) is 58.6 Å². The Bertz CT molecular complexity index is 913. The van der Waals surface area contributed by atoms with Gasteiger partial charge in [-0.2, -0.15) is 0 Å². The van der Waals surface area contributed by atoms with Crippen molar-refractivity contribution in [3.63, 3.8) is 0 Å². The highest BCUT2D eigenvalue weighted by atomic mass is 16.6. The van der Waals surface area contributed by atoms with E-state index in [0.29, 0.717) is 42.0 Å². The van der Waals surface area contributed by atoms with Gasteiger partial charge in [-0.15, -0.1) is 0 Å². The van der Waals surface area contributed by atoms with E-state index in [4.69, 9.17) is 4.74 Å². The van der Waals surface area contributed by atoms with Gasteiger partial charge in [-0.1, -0.05) is 20.8 Å². The van der Waals surface area contributed by atoms with E-state index >= 15 is 0 Å². The molecule has 4 bridgehead atoms. The Morgan fingerprint density at radius 2 is 1.56 bits per heavy atom. The molecular weight excluding hydrogens is 448 g/mol. The summed E-state index contributed by atoms with van der Waals surface area (Å²) < 4.78 is 6.39. The molecule has 5 nitrogen and oxygen atoms in total. The number of piperidine rings is 1. The summed E-state index contributed by atoms with van der Waals surface area (Å²) in [6.07, 6.45) is 14.9. The molecule has 2 amide bonds. The van der Waals surface area contributed by atoms with Crippen molar-refractivity contribution in [2.75, 3.05) is 7.05 Å². The molecule has 200 valence electrons. The number of hydrogen-bond acceptors (Lipinski definition) is 3. The Hall–Kier alpha value is -1.26. The second kappa shape index (κ2) is 7.88. The van der Waals surface area contributed by atoms with Crippen molar-refractivity contribution >= 4 is 12.0 Å². The van der Waals surface area contributed by atoms with E-state index in [9.17, 15) is 9.59 Å². The molecule has 0 aromatic carbocycles. The first-order valence-corrected chi connectivity index (χ1v) is 15.4. The van der Waals surface area contributed by atoms with E-state index < -0.39 is 0 Å². The van der Waals surface area contributed by atoms with Crippen LogP contribution in [0.1, 0.15) is 104 Å². The van der Waals surface area contributed by atoms with Gasteiger partial charge >= 0.3 is 6.09 Å². The second-order valence-electron chi connectivity index (χ2n) is 15.3. The number of amides is 2. The van der Waals surface area contributed by atoms with E-state index in [1.807, 2.05) is 0 Å². The molecule has 7 aliphatic carbocycles. The van der Waals surface area contributed by atoms with E-state index in [2.05, 4.69) is 38.0 Å². The standard InChI is InChI=1S/C31H48N2O3/c1-18-11-25-30(3,10-8-26(34)33(25)4)23-7-9-29(2)22(27(18)23)5-6-24(29)32-28(35)36-31-15-19-12-20(16-31)14-21(13-19)17-31/h18-25,27H,5-17H2,1-4H3,(H,32,35)/t18?,19?,20?,21?,22-,23+,24?,25?,27-,29-,30+,31?/m0/s1. The third kappa shape index (κ3) is 3.32. The predicted molar refractivity (Wildman–Crippen MR) is 139 cm³/mol. The third-order valence-corrected chi connectivity index (χ3v) is 13.5. The molecule has 0 aromatic rings. The van der Waals surface area contributed by atoms with Gasteiger partial charge in [0.2, 0.25) is 5.91 Å². The molecule has 1 aliphatic heterocycles. The summed E-state index contributed by atoms with van der Waals surface area (Å²) in [7, 11) is 2.05. The van der Waals surface area contributed by atoms with Gasteiger partial charge in [0.1, 0.15) is 5.60 Å². The summed E-state index contributed by atoms with van der Waals surface area (Å²) in [4.78, 5) is 28.0. The molecule has 3 unspecified atom stereocenters. The molecule has 8 rings (SSSR count). The molecule has 36 heavy (non-hydrogen) atoms. The minimum absolute atomic E-state index is 0.123. The Kier molecular flexibility index (Phi) is 5.22. The Balaban J connectivity index is 1.07. The lowest BCUT2D eigenvalue weighted by atomic mass is 9.45. The highest BCUT2D eigenvalue weighted by molar-refractivity contribution is 5.77. The molecule has 5 heteroatoms. The van der Waals surface area contributed by atoms with Gasteiger partial charge in [0.05, 0.1) is 0 Å². The van der Waals surface area contributed by atoms with Crippen LogP contribution in [0.3, 0.4) is 0 Å². The lowest BCUT2D eigenvalue weighted by Gasteiger charge is -2.63. The highest BCUT2D eigenvalue weighted by Crippen LogP contribution is 2.66. The van der Waals surface area contributed by atoms with Gasteiger partial charge in [0.15, 0.2) is 0 Å². The summed E-state index contributed by atoms with van der Waals surface area (Å²) in [5.74, 6) is 5.40. The van der Waals surface area contributed by atoms with E-state index in [1.54, 1.807) is 0 Å². The highest BCUT2D eigenvalue weighted by Gasteiger charge is 2.63. The summed E-state index contributed by atoms with van der Waals surface area (Å²) in [6, 6.07) is 0.628. The Labute approximate surface area is 217 Å². The number of likely N-dealkylation sites (tertiary alicyclic amines) is 1. The minimum Gasteiger partial charge on any atom is -0.443 e. The van der Waals surface area contributed by atoms with Crippen molar-refractivity contribution in [1.29, 1.82) is 0 Å². The molecule has 1 heterocycles. The molecule has 1 N–H and O–H groups in total. The quantitative estimate of drug-likeness (QED) is 0.498. The minimum atomic E-state index is -0.165. The number of hydrogen-bond donors (Lipinski definition) is 1. The summed E-state index contributed by atoms with van der Waals surface area (Å²) in [5, 5.41) is 3.47. The van der Waals surface area contributed by atoms with Crippen molar-refractivity contribution in [1.82, 2.24) is 10.2 Å². The molecule has 0 aromatic heterocycles. The number of nitrogens with one attached hydrogen (secondary N) is 1. The number of alkyl carbamates (subject to hydrolysis) is 1. The largest absolute Gasteiger partial charge is 0.443 e. The maximum atomic E-state index is 13.4. The van der Waals surface area contributed by atoms with Crippen LogP contribution in [-0.2, 0) is 9.53 Å². The first-order valence-electron chi connectivity index (χ1n) is 15.4. The van der Waals surface area contributed by atoms with Crippen LogP contribution < -0.4 is 5.32 Å². The molecule has 7 saturated carbocycles. The number of rotatable bonds is 2. The van der Waals surface area contributed by atoms with Crippen LogP contribution in [0.25, 0.3) is 0 Å². The number of ether oxygens (including phenoxy) is 1. The van der Waals surface area contributed by atoms with E-state index in [-0.39, 0.29) is 28.6 Å². The fourth-order valence-electron chi connectivity index (χ4n) is 12.2. The maximum Gasteiger partial charge on any atom is 0.407 e. The van der Waals surface area contributed by atoms with Gasteiger partial charge in [-0.25, -0.2) is 4.79 Å². The van der Waals surface area contributed by atoms with Crippen molar-refractivity contribution < 1.29 is 14.3 Å². The van der Waals surface area contributed by atoms with Crippen molar-refractivity contribution in [3.8, 4) is 0 Å². The van der Waals surface area contributed by atoms with Crippen LogP contribution in [0.2, 0.25) is 0 Å². The molecular formula is C31H48N2O3. The number of nitrogens with zero attached hydrogens (tertiary/aromatic N) is 1. The van der Waals surface area contributed by atoms with Crippen molar-refractivity contribution in [2.24, 2.45) is 52.3 Å². The smallest absolute Gasteiger partial charge is 0.407 e. The summed E-state index contributed by atoms with van der Waals surface area (Å²) >= 11 is 0. The lowest BCUT2D eigenvalue weighted by molar-refractivity contribution is -0.165. The summed E-state index contributed by atoms with van der Waals surface area (Å²) in [6.45, 7) is 7.44. The predicted octanol–water partition coefficient (Wildman–Crippen LogP) is 6.16. The Morgan fingerprint density at radius 3 is 2.22 bits per heavy atom.